The Morgan fingerprint density at radius 3 is 2.67 bits per heavy atom. The predicted molar refractivity (Wildman–Crippen MR) is 59.0 cm³/mol. The number of hydrogen-bond donors (Lipinski definition) is 1. The first-order valence-electron chi connectivity index (χ1n) is 5.34. The molecule has 3 rings (SSSR count). The van der Waals surface area contributed by atoms with Gasteiger partial charge in [-0.3, -0.25) is 4.79 Å². The van der Waals surface area contributed by atoms with Gasteiger partial charge in [0.05, 0.1) is 17.2 Å². The van der Waals surface area contributed by atoms with Crippen LogP contribution >= 0.6 is 0 Å². The van der Waals surface area contributed by atoms with Crippen molar-refractivity contribution in [3.8, 4) is 0 Å². The van der Waals surface area contributed by atoms with Crippen LogP contribution < -0.4 is 5.56 Å². The summed E-state index contributed by atoms with van der Waals surface area (Å²) in [6, 6.07) is 4.08. The highest BCUT2D eigenvalue weighted by Gasteiger charge is 2.11. The van der Waals surface area contributed by atoms with Crippen LogP contribution in [0.15, 0.2) is 23.3 Å². The van der Waals surface area contributed by atoms with E-state index in [0.717, 1.165) is 23.7 Å². The van der Waals surface area contributed by atoms with E-state index in [1.54, 1.807) is 0 Å². The van der Waals surface area contributed by atoms with Gasteiger partial charge >= 0.3 is 0 Å². The molecule has 1 aliphatic carbocycles. The molecule has 3 nitrogen and oxygen atoms in total. The van der Waals surface area contributed by atoms with Gasteiger partial charge < -0.3 is 4.98 Å². The smallest absolute Gasteiger partial charge is 0.258 e. The van der Waals surface area contributed by atoms with E-state index < -0.39 is 0 Å². The lowest BCUT2D eigenvalue weighted by atomic mass is 9.91. The zero-order valence-corrected chi connectivity index (χ0v) is 8.42. The number of benzene rings is 1. The molecule has 0 spiro atoms. The van der Waals surface area contributed by atoms with Crippen LogP contribution in [-0.2, 0) is 12.8 Å². The van der Waals surface area contributed by atoms with Crippen molar-refractivity contribution in [2.24, 2.45) is 0 Å². The van der Waals surface area contributed by atoms with Crippen molar-refractivity contribution < 1.29 is 0 Å². The predicted octanol–water partition coefficient (Wildman–Crippen LogP) is 1.80. The molecule has 0 radical (unpaired) electrons. The molecule has 0 fully saturated rings. The fourth-order valence-corrected chi connectivity index (χ4v) is 2.30. The summed E-state index contributed by atoms with van der Waals surface area (Å²) < 4.78 is 0. The molecule has 1 aliphatic rings. The third-order valence-corrected chi connectivity index (χ3v) is 3.10. The molecule has 15 heavy (non-hydrogen) atoms. The van der Waals surface area contributed by atoms with E-state index in [4.69, 9.17) is 0 Å². The van der Waals surface area contributed by atoms with E-state index in [9.17, 15) is 4.79 Å². The fourth-order valence-electron chi connectivity index (χ4n) is 2.30. The van der Waals surface area contributed by atoms with Gasteiger partial charge in [-0.2, -0.15) is 0 Å². The Bertz CT molecular complexity index is 571. The SMILES string of the molecule is O=c1[nH]cnc2cc3c(cc12)CCCC3. The number of aryl methyl sites for hydroxylation is 2. The van der Waals surface area contributed by atoms with Crippen LogP contribution in [0.1, 0.15) is 24.0 Å². The van der Waals surface area contributed by atoms with Crippen molar-refractivity contribution in [2.75, 3.05) is 0 Å². The Labute approximate surface area is 87.2 Å². The van der Waals surface area contributed by atoms with Crippen molar-refractivity contribution >= 4 is 10.9 Å². The normalized spacial score (nSPS) is 15.2. The number of fused-ring (bicyclic) bond motifs is 2. The third-order valence-electron chi connectivity index (χ3n) is 3.10. The number of nitrogens with zero attached hydrogens (tertiary/aromatic N) is 1. The van der Waals surface area contributed by atoms with Crippen molar-refractivity contribution in [2.45, 2.75) is 25.7 Å². The second-order valence-electron chi connectivity index (χ2n) is 4.08. The van der Waals surface area contributed by atoms with E-state index in [-0.39, 0.29) is 5.56 Å². The van der Waals surface area contributed by atoms with E-state index in [1.165, 1.54) is 30.3 Å². The lowest BCUT2D eigenvalue weighted by Gasteiger charge is -2.15. The largest absolute Gasteiger partial charge is 0.313 e. The van der Waals surface area contributed by atoms with E-state index in [1.807, 2.05) is 6.07 Å². The molecule has 0 unspecified atom stereocenters. The molecule has 0 saturated heterocycles. The Morgan fingerprint density at radius 2 is 1.87 bits per heavy atom. The number of aromatic amines is 1. The Kier molecular flexibility index (Phi) is 1.84. The van der Waals surface area contributed by atoms with E-state index in [0.29, 0.717) is 0 Å². The van der Waals surface area contributed by atoms with Gasteiger partial charge in [0.1, 0.15) is 0 Å². The summed E-state index contributed by atoms with van der Waals surface area (Å²) in [5.74, 6) is 0. The summed E-state index contributed by atoms with van der Waals surface area (Å²) in [4.78, 5) is 18.4. The van der Waals surface area contributed by atoms with Gasteiger partial charge in [-0.1, -0.05) is 0 Å². The summed E-state index contributed by atoms with van der Waals surface area (Å²) in [5.41, 5.74) is 3.48. The number of H-pyrrole nitrogens is 1. The van der Waals surface area contributed by atoms with Crippen molar-refractivity contribution in [1.82, 2.24) is 9.97 Å². The van der Waals surface area contributed by atoms with Crippen LogP contribution in [-0.4, -0.2) is 9.97 Å². The molecule has 0 saturated carbocycles. The summed E-state index contributed by atoms with van der Waals surface area (Å²) in [6.45, 7) is 0. The average Bonchev–Trinajstić information content (AvgIpc) is 2.27. The highest BCUT2D eigenvalue weighted by molar-refractivity contribution is 5.79. The zero-order valence-electron chi connectivity index (χ0n) is 8.42. The van der Waals surface area contributed by atoms with Crippen LogP contribution in [0.4, 0.5) is 0 Å². The monoisotopic (exact) mass is 200 g/mol. The first-order chi connectivity index (χ1) is 7.34. The summed E-state index contributed by atoms with van der Waals surface area (Å²) in [7, 11) is 0. The maximum Gasteiger partial charge on any atom is 0.258 e. The molecule has 0 amide bonds. The maximum atomic E-state index is 11.6. The highest BCUT2D eigenvalue weighted by Crippen LogP contribution is 2.23. The summed E-state index contributed by atoms with van der Waals surface area (Å²) >= 11 is 0. The van der Waals surface area contributed by atoms with Crippen molar-refractivity contribution in [1.29, 1.82) is 0 Å². The Balaban J connectivity index is 2.36. The summed E-state index contributed by atoms with van der Waals surface area (Å²) in [6.07, 6.45) is 6.18. The van der Waals surface area contributed by atoms with Gasteiger partial charge in [-0.05, 0) is 48.9 Å². The van der Waals surface area contributed by atoms with Gasteiger partial charge in [0.15, 0.2) is 0 Å². The Morgan fingerprint density at radius 1 is 1.13 bits per heavy atom. The number of nitrogens with one attached hydrogen (secondary N) is 1. The van der Waals surface area contributed by atoms with Gasteiger partial charge in [0.2, 0.25) is 0 Å². The fraction of sp³-hybridized carbons (Fsp3) is 0.333. The topological polar surface area (TPSA) is 45.8 Å². The summed E-state index contributed by atoms with van der Waals surface area (Å²) in [5, 5.41) is 0.721. The standard InChI is InChI=1S/C12H12N2O/c15-12-10-5-8-3-1-2-4-9(8)6-11(10)13-7-14-12/h5-7H,1-4H2,(H,13,14,15). The van der Waals surface area contributed by atoms with Gasteiger partial charge in [-0.25, -0.2) is 4.98 Å². The maximum absolute atomic E-state index is 11.6. The average molecular weight is 200 g/mol. The molecule has 2 aromatic rings. The molecule has 1 heterocycles. The molecule has 1 N–H and O–H groups in total. The molecule has 0 atom stereocenters. The number of hydrogen-bond acceptors (Lipinski definition) is 2. The van der Waals surface area contributed by atoms with E-state index in [2.05, 4.69) is 16.0 Å². The first-order valence-corrected chi connectivity index (χ1v) is 5.34. The molecule has 76 valence electrons. The third kappa shape index (κ3) is 1.35. The van der Waals surface area contributed by atoms with Gasteiger partial charge in [0, 0.05) is 0 Å². The lowest BCUT2D eigenvalue weighted by Crippen LogP contribution is -2.09. The lowest BCUT2D eigenvalue weighted by molar-refractivity contribution is 0.687. The Hall–Kier alpha value is -1.64. The molecule has 3 heteroatoms. The molecule has 1 aromatic carbocycles. The number of rotatable bonds is 0. The molecule has 1 aromatic heterocycles. The molecular weight excluding hydrogens is 188 g/mol. The molecule has 0 aliphatic heterocycles. The van der Waals surface area contributed by atoms with Gasteiger partial charge in [-0.15, -0.1) is 0 Å². The van der Waals surface area contributed by atoms with Crippen LogP contribution in [0.25, 0.3) is 10.9 Å². The molecule has 0 bridgehead atoms. The second kappa shape index (κ2) is 3.19. The minimum atomic E-state index is -0.0339. The minimum absolute atomic E-state index is 0.0339. The first kappa shape index (κ1) is 8.65. The zero-order chi connectivity index (χ0) is 10.3. The molecular formula is C12H12N2O. The highest BCUT2D eigenvalue weighted by atomic mass is 16.1. The van der Waals surface area contributed by atoms with Crippen LogP contribution in [0.2, 0.25) is 0 Å². The van der Waals surface area contributed by atoms with Crippen LogP contribution in [0.5, 0.6) is 0 Å². The van der Waals surface area contributed by atoms with Crippen LogP contribution in [0, 0.1) is 0 Å². The van der Waals surface area contributed by atoms with E-state index >= 15 is 0 Å². The van der Waals surface area contributed by atoms with Crippen LogP contribution in [0.3, 0.4) is 0 Å². The van der Waals surface area contributed by atoms with Gasteiger partial charge in [0.25, 0.3) is 5.56 Å². The second-order valence-corrected chi connectivity index (χ2v) is 4.08. The number of aromatic nitrogens is 2. The van der Waals surface area contributed by atoms with Crippen molar-refractivity contribution in [3.63, 3.8) is 0 Å². The minimum Gasteiger partial charge on any atom is -0.313 e. The van der Waals surface area contributed by atoms with Crippen molar-refractivity contribution in [3.05, 3.63) is 39.9 Å². The quantitative estimate of drug-likeness (QED) is 0.704.